The van der Waals surface area contributed by atoms with E-state index in [0.717, 1.165) is 31.2 Å². The summed E-state index contributed by atoms with van der Waals surface area (Å²) in [4.78, 5) is 12.8. The second kappa shape index (κ2) is 9.02. The Morgan fingerprint density at radius 2 is 1.96 bits per heavy atom. The van der Waals surface area contributed by atoms with Crippen LogP contribution in [0, 0.1) is 12.8 Å². The van der Waals surface area contributed by atoms with Crippen LogP contribution in [0.5, 0.6) is 0 Å². The summed E-state index contributed by atoms with van der Waals surface area (Å²) in [6.45, 7) is 3.32. The first-order valence-corrected chi connectivity index (χ1v) is 11.4. The van der Waals surface area contributed by atoms with Crippen LogP contribution in [0.3, 0.4) is 0 Å². The van der Waals surface area contributed by atoms with Crippen LogP contribution < -0.4 is 5.32 Å². The number of rotatable bonds is 6. The van der Waals surface area contributed by atoms with Gasteiger partial charge < -0.3 is 5.32 Å². The maximum atomic E-state index is 12.9. The van der Waals surface area contributed by atoms with Gasteiger partial charge in [0.05, 0.1) is 10.8 Å². The van der Waals surface area contributed by atoms with E-state index in [1.165, 1.54) is 22.7 Å². The van der Waals surface area contributed by atoms with Crippen molar-refractivity contribution >= 4 is 15.9 Å². The number of amides is 1. The van der Waals surface area contributed by atoms with Gasteiger partial charge in [-0.15, -0.1) is 0 Å². The quantitative estimate of drug-likeness (QED) is 0.757. The molecule has 1 aliphatic heterocycles. The second-order valence-electron chi connectivity index (χ2n) is 7.66. The smallest absolute Gasteiger partial charge is 0.243 e. The molecule has 1 aromatic rings. The molecule has 1 heterocycles. The highest BCUT2D eigenvalue weighted by atomic mass is 32.2. The van der Waals surface area contributed by atoms with Crippen molar-refractivity contribution in [1.29, 1.82) is 0 Å². The van der Waals surface area contributed by atoms with Gasteiger partial charge in [0.15, 0.2) is 0 Å². The molecule has 1 amide bonds. The summed E-state index contributed by atoms with van der Waals surface area (Å²) in [5, 5.41) is 3.02. The third-order valence-electron chi connectivity index (χ3n) is 5.54. The summed E-state index contributed by atoms with van der Waals surface area (Å²) < 4.78 is 27.2. The SMILES string of the molecule is Cc1ccc(S(=O)(=O)N2CCC[C@H](C(=O)NCCC3=CCCCC3)C2)cc1. The zero-order chi connectivity index (χ0) is 19.3. The van der Waals surface area contributed by atoms with Gasteiger partial charge in [-0.05, 0) is 64.0 Å². The van der Waals surface area contributed by atoms with Gasteiger partial charge in [0, 0.05) is 19.6 Å². The summed E-state index contributed by atoms with van der Waals surface area (Å²) in [5.74, 6) is -0.283. The molecule has 0 saturated carbocycles. The predicted octanol–water partition coefficient (Wildman–Crippen LogP) is 3.40. The number of sulfonamides is 1. The van der Waals surface area contributed by atoms with Crippen LogP contribution in [0.4, 0.5) is 0 Å². The molecule has 0 aromatic heterocycles. The minimum Gasteiger partial charge on any atom is -0.356 e. The third-order valence-corrected chi connectivity index (χ3v) is 7.42. The van der Waals surface area contributed by atoms with Crippen molar-refractivity contribution in [2.75, 3.05) is 19.6 Å². The number of benzene rings is 1. The molecule has 148 valence electrons. The Morgan fingerprint density at radius 3 is 2.67 bits per heavy atom. The van der Waals surface area contributed by atoms with Crippen LogP contribution in [0.2, 0.25) is 0 Å². The first-order chi connectivity index (χ1) is 13.0. The Morgan fingerprint density at radius 1 is 1.19 bits per heavy atom. The van der Waals surface area contributed by atoms with E-state index in [1.807, 2.05) is 6.92 Å². The molecule has 0 radical (unpaired) electrons. The second-order valence-corrected chi connectivity index (χ2v) is 9.60. The lowest BCUT2D eigenvalue weighted by Gasteiger charge is -2.31. The number of aryl methyl sites for hydroxylation is 1. The number of allylic oxidation sites excluding steroid dienone is 1. The fraction of sp³-hybridized carbons (Fsp3) is 0.571. The Hall–Kier alpha value is -1.66. The lowest BCUT2D eigenvalue weighted by atomic mass is 9.96. The Labute approximate surface area is 162 Å². The first-order valence-electron chi connectivity index (χ1n) is 9.99. The van der Waals surface area contributed by atoms with Gasteiger partial charge in [-0.3, -0.25) is 4.79 Å². The van der Waals surface area contributed by atoms with Gasteiger partial charge in [-0.1, -0.05) is 29.3 Å². The van der Waals surface area contributed by atoms with Crippen molar-refractivity contribution in [3.8, 4) is 0 Å². The van der Waals surface area contributed by atoms with Crippen molar-refractivity contribution in [3.05, 3.63) is 41.5 Å². The van der Waals surface area contributed by atoms with Gasteiger partial charge in [0.1, 0.15) is 0 Å². The molecular weight excluding hydrogens is 360 g/mol. The summed E-state index contributed by atoms with van der Waals surface area (Å²) in [6, 6.07) is 6.90. The molecule has 5 nitrogen and oxygen atoms in total. The molecule has 2 aliphatic rings. The summed E-state index contributed by atoms with van der Waals surface area (Å²) >= 11 is 0. The standard InChI is InChI=1S/C21H30N2O3S/c1-17-9-11-20(12-10-17)27(25,26)23-15-5-8-19(16-23)21(24)22-14-13-18-6-3-2-4-7-18/h6,9-12,19H,2-5,7-8,13-16H2,1H3,(H,22,24)/t19-/m0/s1. The molecular formula is C21H30N2O3S. The Balaban J connectivity index is 1.55. The monoisotopic (exact) mass is 390 g/mol. The van der Waals surface area contributed by atoms with E-state index in [9.17, 15) is 13.2 Å². The molecule has 1 N–H and O–H groups in total. The summed E-state index contributed by atoms with van der Waals surface area (Å²) in [7, 11) is -3.54. The molecule has 1 fully saturated rings. The van der Waals surface area contributed by atoms with Gasteiger partial charge in [0.25, 0.3) is 0 Å². The molecule has 1 atom stereocenters. The van der Waals surface area contributed by atoms with Gasteiger partial charge >= 0.3 is 0 Å². The van der Waals surface area contributed by atoms with Crippen molar-refractivity contribution in [1.82, 2.24) is 9.62 Å². The molecule has 27 heavy (non-hydrogen) atoms. The van der Waals surface area contributed by atoms with Crippen molar-refractivity contribution in [2.45, 2.75) is 56.8 Å². The Bertz CT molecular complexity index is 784. The molecule has 1 aliphatic carbocycles. The maximum absolute atomic E-state index is 12.9. The van der Waals surface area contributed by atoms with E-state index >= 15 is 0 Å². The molecule has 0 bridgehead atoms. The molecule has 0 spiro atoms. The fourth-order valence-electron chi connectivity index (χ4n) is 3.86. The maximum Gasteiger partial charge on any atom is 0.243 e. The van der Waals surface area contributed by atoms with E-state index < -0.39 is 10.0 Å². The lowest BCUT2D eigenvalue weighted by Crippen LogP contribution is -2.45. The number of hydrogen-bond donors (Lipinski definition) is 1. The highest BCUT2D eigenvalue weighted by molar-refractivity contribution is 7.89. The number of nitrogens with zero attached hydrogens (tertiary/aromatic N) is 1. The average Bonchev–Trinajstić information content (AvgIpc) is 2.69. The third kappa shape index (κ3) is 5.20. The summed E-state index contributed by atoms with van der Waals surface area (Å²) in [5.41, 5.74) is 2.46. The van der Waals surface area contributed by atoms with E-state index in [2.05, 4.69) is 11.4 Å². The van der Waals surface area contributed by atoms with Crippen LogP contribution in [0.25, 0.3) is 0 Å². The largest absolute Gasteiger partial charge is 0.356 e. The van der Waals surface area contributed by atoms with Crippen LogP contribution in [-0.2, 0) is 14.8 Å². The van der Waals surface area contributed by atoms with Gasteiger partial charge in [-0.2, -0.15) is 4.31 Å². The van der Waals surface area contributed by atoms with E-state index in [-0.39, 0.29) is 18.4 Å². The van der Waals surface area contributed by atoms with Crippen LogP contribution >= 0.6 is 0 Å². The molecule has 0 unspecified atom stereocenters. The van der Waals surface area contributed by atoms with Crippen molar-refractivity contribution in [3.63, 3.8) is 0 Å². The van der Waals surface area contributed by atoms with Crippen molar-refractivity contribution in [2.24, 2.45) is 5.92 Å². The van der Waals surface area contributed by atoms with Crippen molar-refractivity contribution < 1.29 is 13.2 Å². The normalized spacial score (nSPS) is 21.5. The number of hydrogen-bond acceptors (Lipinski definition) is 3. The average molecular weight is 391 g/mol. The van der Waals surface area contributed by atoms with Gasteiger partial charge in [-0.25, -0.2) is 8.42 Å². The predicted molar refractivity (Wildman–Crippen MR) is 107 cm³/mol. The fourth-order valence-corrected chi connectivity index (χ4v) is 5.38. The Kier molecular flexibility index (Phi) is 6.71. The minimum atomic E-state index is -3.54. The molecule has 3 rings (SSSR count). The van der Waals surface area contributed by atoms with E-state index in [0.29, 0.717) is 24.4 Å². The van der Waals surface area contributed by atoms with E-state index in [1.54, 1.807) is 24.3 Å². The first kappa shape index (κ1) is 20.1. The topological polar surface area (TPSA) is 66.5 Å². The molecule has 1 saturated heterocycles. The minimum absolute atomic E-state index is 0.0183. The number of nitrogens with one attached hydrogen (secondary N) is 1. The van der Waals surface area contributed by atoms with E-state index in [4.69, 9.17) is 0 Å². The zero-order valence-corrected chi connectivity index (χ0v) is 16.9. The highest BCUT2D eigenvalue weighted by Gasteiger charge is 2.33. The number of piperidine rings is 1. The molecule has 6 heteroatoms. The highest BCUT2D eigenvalue weighted by Crippen LogP contribution is 2.24. The summed E-state index contributed by atoms with van der Waals surface area (Å²) in [6.07, 6.45) is 9.47. The van der Waals surface area contributed by atoms with Crippen LogP contribution in [0.1, 0.15) is 50.5 Å². The molecule has 1 aromatic carbocycles. The number of carbonyl (C=O) groups excluding carboxylic acids is 1. The lowest BCUT2D eigenvalue weighted by molar-refractivity contribution is -0.126. The van der Waals surface area contributed by atoms with Crippen LogP contribution in [-0.4, -0.2) is 38.3 Å². The van der Waals surface area contributed by atoms with Crippen LogP contribution in [0.15, 0.2) is 40.8 Å². The zero-order valence-electron chi connectivity index (χ0n) is 16.1. The number of carbonyl (C=O) groups is 1. The van der Waals surface area contributed by atoms with Gasteiger partial charge in [0.2, 0.25) is 15.9 Å².